The molecule has 2 aliphatic heterocycles. The summed E-state index contributed by atoms with van der Waals surface area (Å²) in [5.74, 6) is -0.317. The van der Waals surface area contributed by atoms with Crippen LogP contribution in [0.4, 0.5) is 19.0 Å². The van der Waals surface area contributed by atoms with Crippen LogP contribution in [-0.2, 0) is 4.74 Å². The van der Waals surface area contributed by atoms with Gasteiger partial charge in [0.25, 0.3) is 0 Å². The van der Waals surface area contributed by atoms with Gasteiger partial charge in [-0.1, -0.05) is 0 Å². The van der Waals surface area contributed by atoms with E-state index in [4.69, 9.17) is 4.74 Å². The van der Waals surface area contributed by atoms with E-state index < -0.39 is 17.5 Å². The molecule has 0 amide bonds. The van der Waals surface area contributed by atoms with Crippen molar-refractivity contribution in [3.8, 4) is 11.3 Å². The quantitative estimate of drug-likeness (QED) is 0.704. The lowest BCUT2D eigenvalue weighted by Gasteiger charge is -2.54. The predicted octanol–water partition coefficient (Wildman–Crippen LogP) is 4.11. The zero-order valence-corrected chi connectivity index (χ0v) is 17.9. The average molecular weight is 445 g/mol. The van der Waals surface area contributed by atoms with Gasteiger partial charge in [-0.15, -0.1) is 10.2 Å². The standard InChI is InChI=1S/C24H27F3N4O/c25-17-5-19(23(27)20(26)6-17)21-1-2-22(30-29-21)28-18-3-15-10-31(11-16(15)4-18)9-14-7-24(8-14)12-32-13-24/h1-2,5-6,14-16,18H,3-4,7-13H2,(H,28,30)/t15-,16+,18?. The molecule has 0 radical (unpaired) electrons. The summed E-state index contributed by atoms with van der Waals surface area (Å²) >= 11 is 0. The first kappa shape index (κ1) is 20.4. The maximum Gasteiger partial charge on any atom is 0.168 e. The lowest BCUT2D eigenvalue weighted by atomic mass is 9.60. The van der Waals surface area contributed by atoms with Crippen molar-refractivity contribution in [2.24, 2.45) is 23.2 Å². The number of rotatable bonds is 5. The molecular weight excluding hydrogens is 417 g/mol. The molecule has 1 N–H and O–H groups in total. The van der Waals surface area contributed by atoms with Gasteiger partial charge in [0.15, 0.2) is 11.6 Å². The van der Waals surface area contributed by atoms with Crippen LogP contribution >= 0.6 is 0 Å². The van der Waals surface area contributed by atoms with Crippen molar-refractivity contribution in [3.05, 3.63) is 41.7 Å². The van der Waals surface area contributed by atoms with Gasteiger partial charge in [-0.25, -0.2) is 13.2 Å². The summed E-state index contributed by atoms with van der Waals surface area (Å²) < 4.78 is 46.3. The fraction of sp³-hybridized carbons (Fsp3) is 0.583. The summed E-state index contributed by atoms with van der Waals surface area (Å²) in [6, 6.07) is 5.04. The van der Waals surface area contributed by atoms with E-state index in [2.05, 4.69) is 20.4 Å². The third kappa shape index (κ3) is 3.67. The second-order valence-corrected chi connectivity index (χ2v) is 10.4. The van der Waals surface area contributed by atoms with Gasteiger partial charge in [-0.3, -0.25) is 0 Å². The lowest BCUT2D eigenvalue weighted by Crippen LogP contribution is -2.54. The molecule has 1 aromatic carbocycles. The molecule has 0 bridgehead atoms. The smallest absolute Gasteiger partial charge is 0.168 e. The molecule has 1 unspecified atom stereocenters. The van der Waals surface area contributed by atoms with Crippen molar-refractivity contribution in [3.63, 3.8) is 0 Å². The molecule has 2 aromatic rings. The highest BCUT2D eigenvalue weighted by Crippen LogP contribution is 2.51. The van der Waals surface area contributed by atoms with Crippen LogP contribution in [0.2, 0.25) is 0 Å². The molecule has 32 heavy (non-hydrogen) atoms. The van der Waals surface area contributed by atoms with E-state index in [-0.39, 0.29) is 11.3 Å². The number of hydrogen-bond acceptors (Lipinski definition) is 5. The first-order chi connectivity index (χ1) is 15.5. The third-order valence-corrected chi connectivity index (χ3v) is 7.89. The summed E-state index contributed by atoms with van der Waals surface area (Å²) in [5, 5.41) is 11.5. The van der Waals surface area contributed by atoms with Gasteiger partial charge in [0.1, 0.15) is 11.6 Å². The molecule has 4 aliphatic rings. The summed E-state index contributed by atoms with van der Waals surface area (Å²) in [5.41, 5.74) is 0.427. The molecule has 8 heteroatoms. The van der Waals surface area contributed by atoms with Crippen LogP contribution in [-0.4, -0.2) is 54.0 Å². The van der Waals surface area contributed by atoms with E-state index in [1.165, 1.54) is 32.5 Å². The van der Waals surface area contributed by atoms with E-state index in [0.717, 1.165) is 38.0 Å². The van der Waals surface area contributed by atoms with Crippen molar-refractivity contribution in [2.75, 3.05) is 38.2 Å². The van der Waals surface area contributed by atoms with Crippen molar-refractivity contribution in [2.45, 2.75) is 31.7 Å². The predicted molar refractivity (Wildman–Crippen MR) is 113 cm³/mol. The zero-order chi connectivity index (χ0) is 21.9. The minimum absolute atomic E-state index is 0.108. The number of benzene rings is 1. The largest absolute Gasteiger partial charge is 0.380 e. The van der Waals surface area contributed by atoms with E-state index in [1.807, 2.05) is 0 Å². The highest BCUT2D eigenvalue weighted by Gasteiger charge is 2.50. The molecule has 2 saturated carbocycles. The Morgan fingerprint density at radius 2 is 1.78 bits per heavy atom. The van der Waals surface area contributed by atoms with E-state index in [1.54, 1.807) is 12.1 Å². The Balaban J connectivity index is 1.02. The number of nitrogens with one attached hydrogen (secondary N) is 1. The number of likely N-dealkylation sites (tertiary alicyclic amines) is 1. The van der Waals surface area contributed by atoms with Crippen LogP contribution in [0, 0.1) is 40.6 Å². The molecule has 5 nitrogen and oxygen atoms in total. The van der Waals surface area contributed by atoms with Gasteiger partial charge in [0, 0.05) is 42.7 Å². The molecule has 170 valence electrons. The maximum atomic E-state index is 14.0. The van der Waals surface area contributed by atoms with Gasteiger partial charge < -0.3 is 15.0 Å². The number of anilines is 1. The second-order valence-electron chi connectivity index (χ2n) is 10.4. The van der Waals surface area contributed by atoms with E-state index in [9.17, 15) is 13.2 Å². The molecule has 2 aliphatic carbocycles. The Hall–Kier alpha value is -2.19. The number of ether oxygens (including phenoxy) is 1. The minimum atomic E-state index is -1.23. The Labute approximate surface area is 185 Å². The van der Waals surface area contributed by atoms with E-state index in [0.29, 0.717) is 35.2 Å². The highest BCUT2D eigenvalue weighted by molar-refractivity contribution is 5.60. The van der Waals surface area contributed by atoms with Crippen molar-refractivity contribution in [1.82, 2.24) is 15.1 Å². The Bertz CT molecular complexity index is 991. The van der Waals surface area contributed by atoms with Crippen molar-refractivity contribution < 1.29 is 17.9 Å². The maximum absolute atomic E-state index is 14.0. The Morgan fingerprint density at radius 1 is 1.03 bits per heavy atom. The van der Waals surface area contributed by atoms with Gasteiger partial charge in [-0.2, -0.15) is 0 Å². The number of fused-ring (bicyclic) bond motifs is 1. The number of aromatic nitrogens is 2. The molecule has 1 spiro atoms. The number of nitrogens with zero attached hydrogens (tertiary/aromatic N) is 3. The normalized spacial score (nSPS) is 29.0. The minimum Gasteiger partial charge on any atom is -0.380 e. The fourth-order valence-corrected chi connectivity index (χ4v) is 6.45. The lowest BCUT2D eigenvalue weighted by molar-refractivity contribution is -0.181. The van der Waals surface area contributed by atoms with E-state index >= 15 is 0 Å². The Morgan fingerprint density at radius 3 is 2.41 bits per heavy atom. The van der Waals surface area contributed by atoms with Gasteiger partial charge in [0.05, 0.1) is 18.9 Å². The number of halogens is 3. The van der Waals surface area contributed by atoms with Crippen LogP contribution in [0.1, 0.15) is 25.7 Å². The summed E-state index contributed by atoms with van der Waals surface area (Å²) in [7, 11) is 0. The van der Waals surface area contributed by atoms with Gasteiger partial charge >= 0.3 is 0 Å². The third-order valence-electron chi connectivity index (χ3n) is 7.89. The van der Waals surface area contributed by atoms with Gasteiger partial charge in [-0.05, 0) is 61.6 Å². The molecule has 6 rings (SSSR count). The topological polar surface area (TPSA) is 50.3 Å². The van der Waals surface area contributed by atoms with Crippen LogP contribution in [0.5, 0.6) is 0 Å². The highest BCUT2D eigenvalue weighted by atomic mass is 19.2. The summed E-state index contributed by atoms with van der Waals surface area (Å²) in [4.78, 5) is 2.66. The summed E-state index contributed by atoms with van der Waals surface area (Å²) in [6.45, 7) is 5.53. The fourth-order valence-electron chi connectivity index (χ4n) is 6.45. The first-order valence-corrected chi connectivity index (χ1v) is 11.5. The summed E-state index contributed by atoms with van der Waals surface area (Å²) in [6.07, 6.45) is 4.89. The van der Waals surface area contributed by atoms with Crippen molar-refractivity contribution in [1.29, 1.82) is 0 Å². The van der Waals surface area contributed by atoms with Crippen molar-refractivity contribution >= 4 is 5.82 Å². The number of hydrogen-bond donors (Lipinski definition) is 1. The molecule has 4 fully saturated rings. The van der Waals surface area contributed by atoms with Crippen LogP contribution in [0.15, 0.2) is 24.3 Å². The molecule has 1 aromatic heterocycles. The van der Waals surface area contributed by atoms with Crippen LogP contribution in [0.25, 0.3) is 11.3 Å². The molecular formula is C24H27F3N4O. The van der Waals surface area contributed by atoms with Crippen LogP contribution < -0.4 is 5.32 Å². The second kappa shape index (κ2) is 7.70. The zero-order valence-electron chi connectivity index (χ0n) is 17.9. The molecule has 3 atom stereocenters. The average Bonchev–Trinajstić information content (AvgIpc) is 3.24. The SMILES string of the molecule is Fc1cc(F)c(F)c(-c2ccc(NC3C[C@@H]4CN(CC5CC6(COC6)C5)C[C@@H]4C3)nn2)c1. The van der Waals surface area contributed by atoms with Gasteiger partial charge in [0.2, 0.25) is 0 Å². The molecule has 2 saturated heterocycles. The van der Waals surface area contributed by atoms with Crippen LogP contribution in [0.3, 0.4) is 0 Å². The first-order valence-electron chi connectivity index (χ1n) is 11.5. The Kier molecular flexibility index (Phi) is 4.91. The monoisotopic (exact) mass is 444 g/mol. The molecule has 3 heterocycles.